The number of hydrogen-bond acceptors (Lipinski definition) is 7. The number of fused-ring (bicyclic) bond motifs is 2. The zero-order valence-electron chi connectivity index (χ0n) is 15.9. The second-order valence-electron chi connectivity index (χ2n) is 7.67. The topological polar surface area (TPSA) is 92.1 Å². The van der Waals surface area contributed by atoms with Crippen LogP contribution >= 0.6 is 0 Å². The fourth-order valence-corrected chi connectivity index (χ4v) is 4.29. The summed E-state index contributed by atoms with van der Waals surface area (Å²) in [5, 5.41) is 16.4. The average molecular weight is 377 g/mol. The molecule has 0 radical (unpaired) electrons. The molecule has 28 heavy (non-hydrogen) atoms. The summed E-state index contributed by atoms with van der Waals surface area (Å²) in [7, 11) is 0. The first-order valence-electron chi connectivity index (χ1n) is 9.90. The molecule has 2 saturated heterocycles. The second-order valence-corrected chi connectivity index (χ2v) is 7.67. The lowest BCUT2D eigenvalue weighted by molar-refractivity contribution is 0.0846. The first-order valence-corrected chi connectivity index (χ1v) is 9.90. The molecular formula is C21H23N5O2. The molecule has 0 saturated carbocycles. The summed E-state index contributed by atoms with van der Waals surface area (Å²) in [6, 6.07) is 6.32. The molecule has 2 fully saturated rings. The minimum Gasteiger partial charge on any atom is -0.481 e. The van der Waals surface area contributed by atoms with Gasteiger partial charge >= 0.3 is 0 Å². The minimum absolute atomic E-state index is 0.222. The monoisotopic (exact) mass is 377 g/mol. The van der Waals surface area contributed by atoms with Crippen molar-refractivity contribution in [2.45, 2.75) is 37.7 Å². The van der Waals surface area contributed by atoms with E-state index < -0.39 is 0 Å². The van der Waals surface area contributed by atoms with Crippen molar-refractivity contribution in [3.05, 3.63) is 40.8 Å². The summed E-state index contributed by atoms with van der Waals surface area (Å²) >= 11 is 0. The van der Waals surface area contributed by atoms with Crippen LogP contribution < -0.4 is 15.4 Å². The maximum absolute atomic E-state index is 9.68. The highest BCUT2D eigenvalue weighted by molar-refractivity contribution is 5.72. The Kier molecular flexibility index (Phi) is 4.38. The van der Waals surface area contributed by atoms with E-state index in [4.69, 9.17) is 9.47 Å². The third kappa shape index (κ3) is 2.89. The van der Waals surface area contributed by atoms with Crippen LogP contribution in [0.25, 0.3) is 0 Å². The van der Waals surface area contributed by atoms with Crippen LogP contribution in [0.5, 0.6) is 5.75 Å². The molecule has 1 atom stereocenters. The quantitative estimate of drug-likeness (QED) is 0.831. The zero-order valence-corrected chi connectivity index (χ0v) is 15.9. The normalized spacial score (nSPS) is 21.9. The van der Waals surface area contributed by atoms with Crippen molar-refractivity contribution in [1.82, 2.24) is 15.3 Å². The van der Waals surface area contributed by atoms with Crippen LogP contribution in [0.2, 0.25) is 0 Å². The molecule has 144 valence electrons. The Morgan fingerprint density at radius 1 is 1.21 bits per heavy atom. The number of hydrogen-bond donors (Lipinski definition) is 2. The molecule has 0 aromatic carbocycles. The lowest BCUT2D eigenvalue weighted by Gasteiger charge is -2.27. The number of aromatic nitrogens is 2. The highest BCUT2D eigenvalue weighted by Crippen LogP contribution is 2.44. The number of nitrogens with zero attached hydrogens (tertiary/aromatic N) is 3. The SMILES string of the molecule is CC1Oc2c(cc(C3CNC3)nc2C#N)Nc2nccc(C3CCOCC3)c21. The molecule has 7 heteroatoms. The lowest BCUT2D eigenvalue weighted by Crippen LogP contribution is -2.40. The van der Waals surface area contributed by atoms with Crippen molar-refractivity contribution in [3.8, 4) is 11.8 Å². The lowest BCUT2D eigenvalue weighted by atomic mass is 9.87. The van der Waals surface area contributed by atoms with Crippen molar-refractivity contribution in [1.29, 1.82) is 5.26 Å². The Morgan fingerprint density at radius 2 is 2.04 bits per heavy atom. The Morgan fingerprint density at radius 3 is 2.75 bits per heavy atom. The summed E-state index contributed by atoms with van der Waals surface area (Å²) in [4.78, 5) is 9.18. The van der Waals surface area contributed by atoms with E-state index in [0.29, 0.717) is 23.3 Å². The van der Waals surface area contributed by atoms with E-state index in [9.17, 15) is 5.26 Å². The predicted octanol–water partition coefficient (Wildman–Crippen LogP) is 3.13. The van der Waals surface area contributed by atoms with Gasteiger partial charge in [0.15, 0.2) is 11.4 Å². The number of anilines is 2. The fraction of sp³-hybridized carbons (Fsp3) is 0.476. The maximum Gasteiger partial charge on any atom is 0.185 e. The first-order chi connectivity index (χ1) is 13.7. The van der Waals surface area contributed by atoms with Crippen molar-refractivity contribution in [2.24, 2.45) is 0 Å². The average Bonchev–Trinajstić information content (AvgIpc) is 2.82. The Bertz CT molecular complexity index is 945. The number of nitrogens with one attached hydrogen (secondary N) is 2. The Labute approximate surface area is 164 Å². The second kappa shape index (κ2) is 7.04. The van der Waals surface area contributed by atoms with Crippen molar-refractivity contribution in [2.75, 3.05) is 31.6 Å². The van der Waals surface area contributed by atoms with E-state index >= 15 is 0 Å². The Balaban J connectivity index is 1.59. The molecule has 2 aromatic rings. The minimum atomic E-state index is -0.222. The van der Waals surface area contributed by atoms with Crippen LogP contribution in [0.1, 0.15) is 60.2 Å². The molecular weight excluding hydrogens is 354 g/mol. The smallest absolute Gasteiger partial charge is 0.185 e. The molecule has 5 rings (SSSR count). The molecule has 0 aliphatic carbocycles. The maximum atomic E-state index is 9.68. The molecule has 0 spiro atoms. The molecule has 2 N–H and O–H groups in total. The Hall–Kier alpha value is -2.69. The number of rotatable bonds is 2. The van der Waals surface area contributed by atoms with Gasteiger partial charge in [-0.05, 0) is 43.4 Å². The van der Waals surface area contributed by atoms with Gasteiger partial charge in [-0.1, -0.05) is 0 Å². The van der Waals surface area contributed by atoms with Crippen LogP contribution in [-0.4, -0.2) is 36.3 Å². The van der Waals surface area contributed by atoms with E-state index in [1.807, 2.05) is 19.2 Å². The molecule has 0 bridgehead atoms. The molecule has 3 aliphatic rings. The van der Waals surface area contributed by atoms with E-state index in [1.54, 1.807) is 0 Å². The highest BCUT2D eigenvalue weighted by atomic mass is 16.5. The van der Waals surface area contributed by atoms with Crippen molar-refractivity contribution >= 4 is 11.5 Å². The number of ether oxygens (including phenoxy) is 2. The van der Waals surface area contributed by atoms with Crippen LogP contribution in [0.4, 0.5) is 11.5 Å². The van der Waals surface area contributed by atoms with Gasteiger partial charge in [0.1, 0.15) is 18.0 Å². The highest BCUT2D eigenvalue weighted by Gasteiger charge is 2.31. The summed E-state index contributed by atoms with van der Waals surface area (Å²) in [5.74, 6) is 2.09. The third-order valence-electron chi connectivity index (χ3n) is 5.94. The summed E-state index contributed by atoms with van der Waals surface area (Å²) in [6.45, 7) is 5.36. The predicted molar refractivity (Wildman–Crippen MR) is 104 cm³/mol. The van der Waals surface area contributed by atoms with Crippen LogP contribution in [0, 0.1) is 11.3 Å². The largest absolute Gasteiger partial charge is 0.481 e. The van der Waals surface area contributed by atoms with Gasteiger partial charge in [0, 0.05) is 49.7 Å². The van der Waals surface area contributed by atoms with E-state index in [1.165, 1.54) is 5.56 Å². The first kappa shape index (κ1) is 17.4. The molecule has 3 aliphatic heterocycles. The molecule has 0 amide bonds. The molecule has 1 unspecified atom stereocenters. The van der Waals surface area contributed by atoms with Gasteiger partial charge in [-0.2, -0.15) is 5.26 Å². The zero-order chi connectivity index (χ0) is 19.1. The van der Waals surface area contributed by atoms with E-state index in [0.717, 1.165) is 61.9 Å². The number of nitriles is 1. The van der Waals surface area contributed by atoms with Crippen molar-refractivity contribution in [3.63, 3.8) is 0 Å². The summed E-state index contributed by atoms with van der Waals surface area (Å²) in [6.07, 6.45) is 3.64. The molecule has 2 aromatic heterocycles. The van der Waals surface area contributed by atoms with Crippen molar-refractivity contribution < 1.29 is 9.47 Å². The van der Waals surface area contributed by atoms with Gasteiger partial charge in [0.2, 0.25) is 0 Å². The van der Waals surface area contributed by atoms with Gasteiger partial charge in [0.05, 0.1) is 5.69 Å². The van der Waals surface area contributed by atoms with Gasteiger partial charge in [-0.25, -0.2) is 9.97 Å². The summed E-state index contributed by atoms with van der Waals surface area (Å²) < 4.78 is 11.8. The van der Waals surface area contributed by atoms with Gasteiger partial charge in [-0.3, -0.25) is 0 Å². The van der Waals surface area contributed by atoms with Crippen LogP contribution in [0.3, 0.4) is 0 Å². The fourth-order valence-electron chi connectivity index (χ4n) is 4.29. The number of pyridine rings is 2. The standard InChI is InChI=1S/C21H23N5O2/c1-12-19-15(13-3-6-27-7-4-13)2-5-24-21(19)26-17-8-16(14-10-23-11-14)25-18(9-22)20(17)28-12/h2,5,8,12-14,23H,3-4,6-7,10-11H2,1H3,(H,24,26). The van der Waals surface area contributed by atoms with Crippen LogP contribution in [0.15, 0.2) is 18.3 Å². The van der Waals surface area contributed by atoms with E-state index in [2.05, 4.69) is 32.7 Å². The third-order valence-corrected chi connectivity index (χ3v) is 5.94. The van der Waals surface area contributed by atoms with Crippen LogP contribution in [-0.2, 0) is 4.74 Å². The van der Waals surface area contributed by atoms with Gasteiger partial charge in [0.25, 0.3) is 0 Å². The summed E-state index contributed by atoms with van der Waals surface area (Å²) in [5.41, 5.74) is 4.36. The van der Waals surface area contributed by atoms with Gasteiger partial charge in [-0.15, -0.1) is 0 Å². The van der Waals surface area contributed by atoms with Gasteiger partial charge < -0.3 is 20.1 Å². The van der Waals surface area contributed by atoms with E-state index in [-0.39, 0.29) is 6.10 Å². The molecule has 7 nitrogen and oxygen atoms in total. The molecule has 5 heterocycles.